The van der Waals surface area contributed by atoms with Gasteiger partial charge in [-0.25, -0.2) is 4.39 Å². The summed E-state index contributed by atoms with van der Waals surface area (Å²) in [5.74, 6) is -0.635. The van der Waals surface area contributed by atoms with Crippen molar-refractivity contribution < 1.29 is 9.18 Å². The summed E-state index contributed by atoms with van der Waals surface area (Å²) in [5, 5.41) is 0.840. The number of benzene rings is 1. The summed E-state index contributed by atoms with van der Waals surface area (Å²) in [6.45, 7) is 4.81. The number of rotatable bonds is 5. The fourth-order valence-corrected chi connectivity index (χ4v) is 1.89. The van der Waals surface area contributed by atoms with Gasteiger partial charge in [0.15, 0.2) is 0 Å². The molecule has 0 fully saturated rings. The van der Waals surface area contributed by atoms with Gasteiger partial charge in [0.2, 0.25) is 0 Å². The Labute approximate surface area is 110 Å². The number of carbonyl (C=O) groups excluding carboxylic acids is 1. The van der Waals surface area contributed by atoms with E-state index in [1.165, 1.54) is 0 Å². The lowest BCUT2D eigenvalue weighted by Crippen LogP contribution is -2.32. The Balaban J connectivity index is 2.90. The minimum atomic E-state index is -0.408. The van der Waals surface area contributed by atoms with E-state index in [1.807, 2.05) is 6.92 Å². The van der Waals surface area contributed by atoms with Crippen LogP contribution in [-0.2, 0) is 0 Å². The van der Waals surface area contributed by atoms with Gasteiger partial charge >= 0.3 is 0 Å². The number of aryl methyl sites for hydroxylation is 1. The van der Waals surface area contributed by atoms with Gasteiger partial charge in [-0.1, -0.05) is 28.1 Å². The number of alkyl halides is 1. The molecule has 0 heterocycles. The zero-order valence-electron chi connectivity index (χ0n) is 10.2. The summed E-state index contributed by atoms with van der Waals surface area (Å²) in [6.07, 6.45) is 0.868. The second-order valence-corrected chi connectivity index (χ2v) is 4.66. The molecule has 1 amide bonds. The third-order valence-electron chi connectivity index (χ3n) is 2.65. The first-order valence-electron chi connectivity index (χ1n) is 5.72. The molecular weight excluding hydrogens is 285 g/mol. The fourth-order valence-electron chi connectivity index (χ4n) is 1.64. The van der Waals surface area contributed by atoms with E-state index in [0.717, 1.165) is 11.8 Å². The average Bonchev–Trinajstić information content (AvgIpc) is 2.33. The highest BCUT2D eigenvalue weighted by atomic mass is 79.9. The minimum absolute atomic E-state index is 0.168. The van der Waals surface area contributed by atoms with Gasteiger partial charge in [-0.3, -0.25) is 4.79 Å². The first kappa shape index (κ1) is 14.2. The molecule has 0 unspecified atom stereocenters. The highest BCUT2D eigenvalue weighted by Gasteiger charge is 2.18. The average molecular weight is 302 g/mol. The van der Waals surface area contributed by atoms with Crippen LogP contribution >= 0.6 is 15.9 Å². The zero-order valence-corrected chi connectivity index (χ0v) is 11.8. The molecule has 94 valence electrons. The minimum Gasteiger partial charge on any atom is -0.339 e. The molecule has 0 aromatic heterocycles. The van der Waals surface area contributed by atoms with Crippen LogP contribution in [-0.4, -0.2) is 29.2 Å². The molecule has 0 atom stereocenters. The molecular formula is C13H17BrFNO. The van der Waals surface area contributed by atoms with Crippen molar-refractivity contribution in [1.29, 1.82) is 0 Å². The quantitative estimate of drug-likeness (QED) is 0.764. The third-order valence-corrected chi connectivity index (χ3v) is 3.21. The predicted molar refractivity (Wildman–Crippen MR) is 71.1 cm³/mol. The van der Waals surface area contributed by atoms with E-state index >= 15 is 0 Å². The molecule has 1 aromatic carbocycles. The van der Waals surface area contributed by atoms with E-state index in [0.29, 0.717) is 18.7 Å². The highest BCUT2D eigenvalue weighted by Crippen LogP contribution is 2.14. The summed E-state index contributed by atoms with van der Waals surface area (Å²) >= 11 is 3.33. The number of carbonyl (C=O) groups is 1. The topological polar surface area (TPSA) is 20.3 Å². The maximum Gasteiger partial charge on any atom is 0.256 e. The number of nitrogens with zero attached hydrogens (tertiary/aromatic N) is 1. The summed E-state index contributed by atoms with van der Waals surface area (Å²) in [5.41, 5.74) is 0.675. The Morgan fingerprint density at radius 3 is 2.76 bits per heavy atom. The molecule has 0 aliphatic carbocycles. The first-order valence-corrected chi connectivity index (χ1v) is 6.84. The van der Waals surface area contributed by atoms with Crippen LogP contribution in [0.15, 0.2) is 18.2 Å². The number of hydrogen-bond donors (Lipinski definition) is 0. The van der Waals surface area contributed by atoms with Crippen LogP contribution in [0.1, 0.15) is 29.3 Å². The summed E-state index contributed by atoms with van der Waals surface area (Å²) in [6, 6.07) is 4.92. The van der Waals surface area contributed by atoms with Gasteiger partial charge < -0.3 is 4.90 Å². The Morgan fingerprint density at radius 1 is 1.47 bits per heavy atom. The summed E-state index contributed by atoms with van der Waals surface area (Å²) in [4.78, 5) is 13.8. The normalized spacial score (nSPS) is 10.4. The molecule has 0 aliphatic rings. The van der Waals surface area contributed by atoms with Crippen molar-refractivity contribution in [2.45, 2.75) is 20.3 Å². The van der Waals surface area contributed by atoms with E-state index < -0.39 is 5.82 Å². The van der Waals surface area contributed by atoms with Crippen molar-refractivity contribution in [2.24, 2.45) is 0 Å². The van der Waals surface area contributed by atoms with Crippen molar-refractivity contribution in [3.63, 3.8) is 0 Å². The monoisotopic (exact) mass is 301 g/mol. The standard InChI is InChI=1S/C13H17BrFNO/c1-3-16(9-5-8-14)13(17)11-7-4-6-10(2)12(11)15/h4,6-7H,3,5,8-9H2,1-2H3. The second-order valence-electron chi connectivity index (χ2n) is 3.86. The van der Waals surface area contributed by atoms with Crippen molar-refractivity contribution >= 4 is 21.8 Å². The van der Waals surface area contributed by atoms with Crippen LogP contribution in [0.2, 0.25) is 0 Å². The molecule has 1 aromatic rings. The number of amides is 1. The largest absolute Gasteiger partial charge is 0.339 e. The van der Waals surface area contributed by atoms with Crippen molar-refractivity contribution in [3.05, 3.63) is 35.1 Å². The van der Waals surface area contributed by atoms with E-state index in [9.17, 15) is 9.18 Å². The second kappa shape index (κ2) is 6.74. The SMILES string of the molecule is CCN(CCCBr)C(=O)c1cccc(C)c1F. The number of halogens is 2. The smallest absolute Gasteiger partial charge is 0.256 e. The maximum atomic E-state index is 13.8. The van der Waals surface area contributed by atoms with E-state index in [2.05, 4.69) is 15.9 Å². The summed E-state index contributed by atoms with van der Waals surface area (Å²) < 4.78 is 13.8. The van der Waals surface area contributed by atoms with Crippen LogP contribution in [0.3, 0.4) is 0 Å². The lowest BCUT2D eigenvalue weighted by atomic mass is 10.1. The Kier molecular flexibility index (Phi) is 5.62. The molecule has 0 spiro atoms. The lowest BCUT2D eigenvalue weighted by molar-refractivity contribution is 0.0760. The molecule has 0 saturated carbocycles. The zero-order chi connectivity index (χ0) is 12.8. The third kappa shape index (κ3) is 3.53. The van der Waals surface area contributed by atoms with Crippen LogP contribution < -0.4 is 0 Å². The molecule has 0 bridgehead atoms. The fraction of sp³-hybridized carbons (Fsp3) is 0.462. The highest BCUT2D eigenvalue weighted by molar-refractivity contribution is 9.09. The summed E-state index contributed by atoms with van der Waals surface area (Å²) in [7, 11) is 0. The molecule has 0 N–H and O–H groups in total. The van der Waals surface area contributed by atoms with Gasteiger partial charge in [0, 0.05) is 18.4 Å². The van der Waals surface area contributed by atoms with Gasteiger partial charge in [-0.15, -0.1) is 0 Å². The molecule has 1 rings (SSSR count). The molecule has 2 nitrogen and oxygen atoms in total. The van der Waals surface area contributed by atoms with Gasteiger partial charge in [-0.05, 0) is 31.9 Å². The van der Waals surface area contributed by atoms with Gasteiger partial charge in [0.05, 0.1) is 5.56 Å². The molecule has 0 saturated heterocycles. The molecule has 0 radical (unpaired) electrons. The number of hydrogen-bond acceptors (Lipinski definition) is 1. The van der Waals surface area contributed by atoms with Gasteiger partial charge in [-0.2, -0.15) is 0 Å². The van der Waals surface area contributed by atoms with Crippen LogP contribution in [0.25, 0.3) is 0 Å². The maximum absolute atomic E-state index is 13.8. The van der Waals surface area contributed by atoms with Crippen LogP contribution in [0, 0.1) is 12.7 Å². The first-order chi connectivity index (χ1) is 8.11. The molecule has 0 aliphatic heterocycles. The Morgan fingerprint density at radius 2 is 2.18 bits per heavy atom. The van der Waals surface area contributed by atoms with Crippen LogP contribution in [0.5, 0.6) is 0 Å². The van der Waals surface area contributed by atoms with E-state index in [4.69, 9.17) is 0 Å². The van der Waals surface area contributed by atoms with Crippen LogP contribution in [0.4, 0.5) is 4.39 Å². The van der Waals surface area contributed by atoms with E-state index in [1.54, 1.807) is 30.0 Å². The molecule has 4 heteroatoms. The van der Waals surface area contributed by atoms with Crippen molar-refractivity contribution in [2.75, 3.05) is 18.4 Å². The predicted octanol–water partition coefficient (Wildman–Crippen LogP) is 3.38. The van der Waals surface area contributed by atoms with Gasteiger partial charge in [0.25, 0.3) is 5.91 Å². The molecule has 17 heavy (non-hydrogen) atoms. The van der Waals surface area contributed by atoms with Crippen molar-refractivity contribution in [3.8, 4) is 0 Å². The van der Waals surface area contributed by atoms with E-state index in [-0.39, 0.29) is 11.5 Å². The van der Waals surface area contributed by atoms with Crippen molar-refractivity contribution in [1.82, 2.24) is 4.90 Å². The Bertz CT molecular complexity index is 395. The Hall–Kier alpha value is -0.900. The lowest BCUT2D eigenvalue weighted by Gasteiger charge is -2.21. The van der Waals surface area contributed by atoms with Gasteiger partial charge in [0.1, 0.15) is 5.82 Å².